The number of para-hydroxylation sites is 2. The number of fused-ring (bicyclic) bond motifs is 1. The number of hydrogen-bond donors (Lipinski definition) is 1. The molecule has 0 aliphatic heterocycles. The zero-order valence-corrected chi connectivity index (χ0v) is 15.4. The minimum absolute atomic E-state index is 0.757. The lowest BCUT2D eigenvalue weighted by Gasteiger charge is -2.11. The molecule has 3 heteroatoms. The van der Waals surface area contributed by atoms with Crippen LogP contribution < -0.4 is 0 Å². The highest BCUT2D eigenvalue weighted by Crippen LogP contribution is 2.34. The molecular weight excluding hydrogens is 328 g/mol. The molecule has 1 aromatic heterocycles. The number of imidazole rings is 1. The third kappa shape index (κ3) is 3.45. The van der Waals surface area contributed by atoms with Crippen molar-refractivity contribution in [3.8, 4) is 22.5 Å². The van der Waals surface area contributed by atoms with E-state index in [1.807, 2.05) is 56.3 Å². The number of H-pyrrole nitrogens is 1. The third-order valence-electron chi connectivity index (χ3n) is 4.05. The van der Waals surface area contributed by atoms with Crippen LogP contribution in [0.3, 0.4) is 0 Å². The maximum Gasteiger partial charge on any atom is 0.139 e. The van der Waals surface area contributed by atoms with E-state index >= 15 is 0 Å². The van der Waals surface area contributed by atoms with Crippen molar-refractivity contribution < 1.29 is 0 Å². The summed E-state index contributed by atoms with van der Waals surface area (Å²) < 4.78 is 0. The summed E-state index contributed by atoms with van der Waals surface area (Å²) in [5.74, 6) is 0.885. The minimum Gasteiger partial charge on any atom is -0.338 e. The van der Waals surface area contributed by atoms with Crippen molar-refractivity contribution in [3.05, 3.63) is 77.3 Å². The number of halogens is 1. The van der Waals surface area contributed by atoms with E-state index in [2.05, 4.69) is 36.2 Å². The lowest BCUT2D eigenvalue weighted by molar-refractivity contribution is 1.33. The van der Waals surface area contributed by atoms with Gasteiger partial charge in [-0.3, -0.25) is 0 Å². The topological polar surface area (TPSA) is 28.7 Å². The molecule has 0 saturated carbocycles. The standard InChI is InChI=1S/C20H15ClN2.C2H6/c1-13-12-14(21)10-11-15(13)16-6-2-3-7-17(16)20-22-18-8-4-5-9-19(18)23-20;1-2/h2-12H,1H3,(H,22,23);1-2H3. The first-order chi connectivity index (χ1) is 12.2. The Kier molecular flexibility index (Phi) is 5.20. The Morgan fingerprint density at radius 2 is 1.48 bits per heavy atom. The quantitative estimate of drug-likeness (QED) is 0.420. The zero-order chi connectivity index (χ0) is 17.8. The van der Waals surface area contributed by atoms with E-state index in [0.29, 0.717) is 0 Å². The van der Waals surface area contributed by atoms with Gasteiger partial charge in [0.2, 0.25) is 0 Å². The molecule has 2 nitrogen and oxygen atoms in total. The lowest BCUT2D eigenvalue weighted by atomic mass is 9.96. The van der Waals surface area contributed by atoms with Gasteiger partial charge in [0.1, 0.15) is 5.82 Å². The Balaban J connectivity index is 0.000000880. The number of aromatic amines is 1. The summed E-state index contributed by atoms with van der Waals surface area (Å²) in [6.45, 7) is 6.08. The zero-order valence-electron chi connectivity index (χ0n) is 14.7. The molecule has 0 aliphatic rings. The summed E-state index contributed by atoms with van der Waals surface area (Å²) in [6, 6.07) is 22.4. The smallest absolute Gasteiger partial charge is 0.139 e. The second-order valence-electron chi connectivity index (χ2n) is 5.61. The lowest BCUT2D eigenvalue weighted by Crippen LogP contribution is -1.89. The second kappa shape index (κ2) is 7.54. The van der Waals surface area contributed by atoms with Crippen LogP contribution in [0, 0.1) is 6.92 Å². The van der Waals surface area contributed by atoms with Crippen molar-refractivity contribution >= 4 is 22.6 Å². The van der Waals surface area contributed by atoms with Crippen LogP contribution in [0.5, 0.6) is 0 Å². The van der Waals surface area contributed by atoms with Gasteiger partial charge in [-0.05, 0) is 47.9 Å². The molecule has 4 aromatic rings. The van der Waals surface area contributed by atoms with Crippen LogP contribution in [0.15, 0.2) is 66.7 Å². The van der Waals surface area contributed by atoms with Gasteiger partial charge in [-0.2, -0.15) is 0 Å². The van der Waals surface area contributed by atoms with Crippen molar-refractivity contribution in [1.29, 1.82) is 0 Å². The molecule has 0 aliphatic carbocycles. The number of rotatable bonds is 2. The Hall–Kier alpha value is -2.58. The molecule has 0 spiro atoms. The number of aryl methyl sites for hydroxylation is 1. The highest BCUT2D eigenvalue weighted by Gasteiger charge is 2.12. The van der Waals surface area contributed by atoms with Crippen LogP contribution in [0.1, 0.15) is 19.4 Å². The normalized spacial score (nSPS) is 10.4. The van der Waals surface area contributed by atoms with Crippen molar-refractivity contribution in [2.24, 2.45) is 0 Å². The van der Waals surface area contributed by atoms with Gasteiger partial charge in [-0.1, -0.05) is 67.9 Å². The first kappa shape index (κ1) is 17.2. The molecule has 126 valence electrons. The number of hydrogen-bond acceptors (Lipinski definition) is 1. The Bertz CT molecular complexity index is 969. The largest absolute Gasteiger partial charge is 0.338 e. The van der Waals surface area contributed by atoms with Crippen LogP contribution in [-0.4, -0.2) is 9.97 Å². The number of aromatic nitrogens is 2. The molecule has 0 saturated heterocycles. The van der Waals surface area contributed by atoms with E-state index in [4.69, 9.17) is 16.6 Å². The van der Waals surface area contributed by atoms with Crippen LogP contribution in [0.25, 0.3) is 33.5 Å². The molecule has 25 heavy (non-hydrogen) atoms. The van der Waals surface area contributed by atoms with Crippen LogP contribution in [0.2, 0.25) is 5.02 Å². The first-order valence-electron chi connectivity index (χ1n) is 8.53. The highest BCUT2D eigenvalue weighted by molar-refractivity contribution is 6.30. The number of benzene rings is 3. The predicted octanol–water partition coefficient (Wildman–Crippen LogP) is 6.88. The fourth-order valence-electron chi connectivity index (χ4n) is 2.93. The van der Waals surface area contributed by atoms with E-state index in [1.54, 1.807) is 0 Å². The molecular formula is C22H21ClN2. The van der Waals surface area contributed by atoms with Crippen molar-refractivity contribution in [1.82, 2.24) is 9.97 Å². The molecule has 0 fully saturated rings. The van der Waals surface area contributed by atoms with E-state index in [1.165, 1.54) is 5.56 Å². The van der Waals surface area contributed by atoms with Crippen molar-refractivity contribution in [2.45, 2.75) is 20.8 Å². The molecule has 1 N–H and O–H groups in total. The number of nitrogens with zero attached hydrogens (tertiary/aromatic N) is 1. The van der Waals surface area contributed by atoms with Crippen LogP contribution in [-0.2, 0) is 0 Å². The van der Waals surface area contributed by atoms with E-state index in [9.17, 15) is 0 Å². The summed E-state index contributed by atoms with van der Waals surface area (Å²) in [5, 5.41) is 0.757. The maximum atomic E-state index is 6.10. The number of nitrogens with one attached hydrogen (secondary N) is 1. The summed E-state index contributed by atoms with van der Waals surface area (Å²) >= 11 is 6.10. The average Bonchev–Trinajstić information content (AvgIpc) is 3.07. The van der Waals surface area contributed by atoms with E-state index < -0.39 is 0 Å². The van der Waals surface area contributed by atoms with E-state index in [-0.39, 0.29) is 0 Å². The second-order valence-corrected chi connectivity index (χ2v) is 6.04. The molecule has 4 rings (SSSR count). The fourth-order valence-corrected chi connectivity index (χ4v) is 3.16. The van der Waals surface area contributed by atoms with Crippen molar-refractivity contribution in [3.63, 3.8) is 0 Å². The molecule has 0 radical (unpaired) electrons. The monoisotopic (exact) mass is 348 g/mol. The average molecular weight is 349 g/mol. The van der Waals surface area contributed by atoms with E-state index in [0.717, 1.165) is 38.6 Å². The Morgan fingerprint density at radius 3 is 2.20 bits per heavy atom. The van der Waals surface area contributed by atoms with Crippen molar-refractivity contribution in [2.75, 3.05) is 0 Å². The SMILES string of the molecule is CC.Cc1cc(Cl)ccc1-c1ccccc1-c1nc2ccccc2[nH]1. The first-order valence-corrected chi connectivity index (χ1v) is 8.91. The maximum absolute atomic E-state index is 6.10. The molecule has 1 heterocycles. The Morgan fingerprint density at radius 1 is 0.800 bits per heavy atom. The summed E-state index contributed by atoms with van der Waals surface area (Å²) in [7, 11) is 0. The molecule has 3 aromatic carbocycles. The summed E-state index contributed by atoms with van der Waals surface area (Å²) in [6.07, 6.45) is 0. The van der Waals surface area contributed by atoms with Crippen LogP contribution >= 0.6 is 11.6 Å². The molecule has 0 amide bonds. The van der Waals surface area contributed by atoms with Gasteiger partial charge in [0, 0.05) is 10.6 Å². The van der Waals surface area contributed by atoms with Gasteiger partial charge in [0.25, 0.3) is 0 Å². The highest BCUT2D eigenvalue weighted by atomic mass is 35.5. The minimum atomic E-state index is 0.757. The van der Waals surface area contributed by atoms with Gasteiger partial charge >= 0.3 is 0 Å². The van der Waals surface area contributed by atoms with Gasteiger partial charge in [0.05, 0.1) is 11.0 Å². The van der Waals surface area contributed by atoms with Gasteiger partial charge in [-0.25, -0.2) is 4.98 Å². The van der Waals surface area contributed by atoms with Gasteiger partial charge in [-0.15, -0.1) is 0 Å². The third-order valence-corrected chi connectivity index (χ3v) is 4.29. The van der Waals surface area contributed by atoms with Crippen LogP contribution in [0.4, 0.5) is 0 Å². The molecule has 0 unspecified atom stereocenters. The molecule has 0 atom stereocenters. The van der Waals surface area contributed by atoms with Gasteiger partial charge < -0.3 is 4.98 Å². The Labute approximate surface area is 153 Å². The molecule has 0 bridgehead atoms. The van der Waals surface area contributed by atoms with Gasteiger partial charge in [0.15, 0.2) is 0 Å². The predicted molar refractivity (Wildman–Crippen MR) is 108 cm³/mol. The summed E-state index contributed by atoms with van der Waals surface area (Å²) in [4.78, 5) is 8.15. The fraction of sp³-hybridized carbons (Fsp3) is 0.136. The summed E-state index contributed by atoms with van der Waals surface area (Å²) in [5.41, 5.74) is 6.59.